The molecule has 5 nitrogen and oxygen atoms in total. The van der Waals surface area contributed by atoms with Crippen LogP contribution in [0.15, 0.2) is 47.4 Å². The Balaban J connectivity index is 1.64. The van der Waals surface area contributed by atoms with Gasteiger partial charge < -0.3 is 4.74 Å². The summed E-state index contributed by atoms with van der Waals surface area (Å²) in [5.41, 5.74) is 3.13. The van der Waals surface area contributed by atoms with E-state index in [1.807, 2.05) is 32.0 Å². The predicted molar refractivity (Wildman–Crippen MR) is 103 cm³/mol. The highest BCUT2D eigenvalue weighted by Gasteiger charge is 2.29. The van der Waals surface area contributed by atoms with Crippen LogP contribution in [0.5, 0.6) is 5.75 Å². The molecule has 0 bridgehead atoms. The summed E-state index contributed by atoms with van der Waals surface area (Å²) < 4.78 is 32.7. The minimum absolute atomic E-state index is 0.416. The van der Waals surface area contributed by atoms with Crippen LogP contribution in [0.2, 0.25) is 0 Å². The quantitative estimate of drug-likeness (QED) is 0.808. The van der Waals surface area contributed by atoms with E-state index in [4.69, 9.17) is 4.74 Å². The molecule has 140 valence electrons. The molecule has 0 aromatic heterocycles. The van der Waals surface area contributed by atoms with Crippen LogP contribution in [-0.4, -0.2) is 50.9 Å². The average Bonchev–Trinajstić information content (AvgIpc) is 2.62. The molecule has 1 aliphatic heterocycles. The van der Waals surface area contributed by atoms with Crippen LogP contribution in [0.4, 0.5) is 0 Å². The Morgan fingerprint density at radius 3 is 2.27 bits per heavy atom. The van der Waals surface area contributed by atoms with Crippen LogP contribution in [-0.2, 0) is 16.6 Å². The number of nitrogens with zero attached hydrogens (tertiary/aromatic N) is 2. The summed E-state index contributed by atoms with van der Waals surface area (Å²) in [5.74, 6) is 0.892. The van der Waals surface area contributed by atoms with Gasteiger partial charge in [-0.05, 0) is 42.7 Å². The molecule has 0 spiro atoms. The van der Waals surface area contributed by atoms with Gasteiger partial charge in [0.05, 0.1) is 12.0 Å². The SMILES string of the molecule is COc1ccc(CN2CCN(S(=O)(=O)c3ccccc3C)CC2)cc1C. The third-order valence-electron chi connectivity index (χ3n) is 4.91. The van der Waals surface area contributed by atoms with E-state index in [-0.39, 0.29) is 0 Å². The highest BCUT2D eigenvalue weighted by molar-refractivity contribution is 7.89. The molecule has 1 fully saturated rings. The topological polar surface area (TPSA) is 49.9 Å². The number of aryl methyl sites for hydroxylation is 2. The van der Waals surface area contributed by atoms with Crippen LogP contribution >= 0.6 is 0 Å². The Labute approximate surface area is 156 Å². The molecule has 1 heterocycles. The predicted octanol–water partition coefficient (Wildman–Crippen LogP) is 2.82. The molecule has 2 aromatic rings. The van der Waals surface area contributed by atoms with Crippen molar-refractivity contribution in [3.63, 3.8) is 0 Å². The molecule has 3 rings (SSSR count). The zero-order valence-corrected chi connectivity index (χ0v) is 16.4. The second-order valence-electron chi connectivity index (χ2n) is 6.75. The first-order chi connectivity index (χ1) is 12.4. The maximum Gasteiger partial charge on any atom is 0.243 e. The number of hydrogen-bond donors (Lipinski definition) is 0. The van der Waals surface area contributed by atoms with Crippen molar-refractivity contribution in [2.75, 3.05) is 33.3 Å². The monoisotopic (exact) mass is 374 g/mol. The second kappa shape index (κ2) is 7.78. The summed E-state index contributed by atoms with van der Waals surface area (Å²) in [6, 6.07) is 13.4. The zero-order chi connectivity index (χ0) is 18.7. The first-order valence-corrected chi connectivity index (χ1v) is 10.3. The van der Waals surface area contributed by atoms with Gasteiger partial charge in [-0.2, -0.15) is 4.31 Å². The van der Waals surface area contributed by atoms with Crippen molar-refractivity contribution in [3.8, 4) is 5.75 Å². The van der Waals surface area contributed by atoms with Crippen LogP contribution in [0.25, 0.3) is 0 Å². The Morgan fingerprint density at radius 2 is 1.65 bits per heavy atom. The molecule has 1 saturated heterocycles. The summed E-state index contributed by atoms with van der Waals surface area (Å²) in [5, 5.41) is 0. The van der Waals surface area contributed by atoms with Gasteiger partial charge in [-0.1, -0.05) is 30.3 Å². The van der Waals surface area contributed by atoms with Crippen LogP contribution in [0.3, 0.4) is 0 Å². The van der Waals surface area contributed by atoms with Gasteiger partial charge in [-0.3, -0.25) is 4.90 Å². The van der Waals surface area contributed by atoms with E-state index in [2.05, 4.69) is 17.0 Å². The molecule has 0 N–H and O–H groups in total. The first kappa shape index (κ1) is 18.9. The normalized spacial score (nSPS) is 16.6. The van der Waals surface area contributed by atoms with E-state index in [9.17, 15) is 8.42 Å². The van der Waals surface area contributed by atoms with Crippen LogP contribution < -0.4 is 4.74 Å². The summed E-state index contributed by atoms with van der Waals surface area (Å²) in [6.45, 7) is 7.21. The molecule has 2 aromatic carbocycles. The number of ether oxygens (including phenoxy) is 1. The zero-order valence-electron chi connectivity index (χ0n) is 15.6. The van der Waals surface area contributed by atoms with Gasteiger partial charge in [-0.15, -0.1) is 0 Å². The van der Waals surface area contributed by atoms with E-state index in [1.165, 1.54) is 5.56 Å². The third-order valence-corrected chi connectivity index (χ3v) is 6.97. The fourth-order valence-electron chi connectivity index (χ4n) is 3.41. The molecular formula is C20H26N2O3S. The van der Waals surface area contributed by atoms with Crippen molar-refractivity contribution in [2.24, 2.45) is 0 Å². The lowest BCUT2D eigenvalue weighted by Gasteiger charge is -2.34. The van der Waals surface area contributed by atoms with Crippen molar-refractivity contribution in [3.05, 3.63) is 59.2 Å². The molecule has 0 atom stereocenters. The average molecular weight is 375 g/mol. The lowest BCUT2D eigenvalue weighted by molar-refractivity contribution is 0.181. The molecule has 6 heteroatoms. The third kappa shape index (κ3) is 3.92. The van der Waals surface area contributed by atoms with Crippen molar-refractivity contribution >= 4 is 10.0 Å². The number of piperazine rings is 1. The smallest absolute Gasteiger partial charge is 0.243 e. The van der Waals surface area contributed by atoms with Gasteiger partial charge >= 0.3 is 0 Å². The highest BCUT2D eigenvalue weighted by atomic mass is 32.2. The van der Waals surface area contributed by atoms with E-state index in [0.29, 0.717) is 18.0 Å². The number of rotatable bonds is 5. The minimum atomic E-state index is -3.41. The van der Waals surface area contributed by atoms with E-state index < -0.39 is 10.0 Å². The van der Waals surface area contributed by atoms with Crippen molar-refractivity contribution in [1.29, 1.82) is 0 Å². The lowest BCUT2D eigenvalue weighted by atomic mass is 10.1. The van der Waals surface area contributed by atoms with Crippen LogP contribution in [0.1, 0.15) is 16.7 Å². The maximum atomic E-state index is 12.9. The largest absolute Gasteiger partial charge is 0.496 e. The fourth-order valence-corrected chi connectivity index (χ4v) is 5.06. The van der Waals surface area contributed by atoms with Gasteiger partial charge in [0.15, 0.2) is 0 Å². The summed E-state index contributed by atoms with van der Waals surface area (Å²) in [7, 11) is -1.74. The molecule has 1 aliphatic rings. The van der Waals surface area contributed by atoms with E-state index >= 15 is 0 Å². The minimum Gasteiger partial charge on any atom is -0.496 e. The number of hydrogen-bond acceptors (Lipinski definition) is 4. The molecule has 0 unspecified atom stereocenters. The fraction of sp³-hybridized carbons (Fsp3) is 0.400. The summed E-state index contributed by atoms with van der Waals surface area (Å²) in [4.78, 5) is 2.71. The molecule has 0 radical (unpaired) electrons. The standard InChI is InChI=1S/C20H26N2O3S/c1-16-6-4-5-7-20(16)26(23,24)22-12-10-21(11-13-22)15-18-8-9-19(25-3)17(2)14-18/h4-9,14H,10-13,15H2,1-3H3. The summed E-state index contributed by atoms with van der Waals surface area (Å²) >= 11 is 0. The molecular weight excluding hydrogens is 348 g/mol. The molecule has 26 heavy (non-hydrogen) atoms. The maximum absolute atomic E-state index is 12.9. The van der Waals surface area contributed by atoms with Crippen molar-refractivity contribution in [1.82, 2.24) is 9.21 Å². The highest BCUT2D eigenvalue weighted by Crippen LogP contribution is 2.23. The van der Waals surface area contributed by atoms with Crippen molar-refractivity contribution in [2.45, 2.75) is 25.3 Å². The summed E-state index contributed by atoms with van der Waals surface area (Å²) in [6.07, 6.45) is 0. The Kier molecular flexibility index (Phi) is 5.65. The Bertz CT molecular complexity index is 872. The first-order valence-electron chi connectivity index (χ1n) is 8.83. The van der Waals surface area contributed by atoms with Gasteiger partial charge in [-0.25, -0.2) is 8.42 Å². The molecule has 0 aliphatic carbocycles. The van der Waals surface area contributed by atoms with Gasteiger partial charge in [0, 0.05) is 32.7 Å². The lowest BCUT2D eigenvalue weighted by Crippen LogP contribution is -2.48. The number of sulfonamides is 1. The van der Waals surface area contributed by atoms with Crippen molar-refractivity contribution < 1.29 is 13.2 Å². The Morgan fingerprint density at radius 1 is 0.962 bits per heavy atom. The Hall–Kier alpha value is -1.89. The molecule has 0 amide bonds. The van der Waals surface area contributed by atoms with Crippen LogP contribution in [0, 0.1) is 13.8 Å². The van der Waals surface area contributed by atoms with Gasteiger partial charge in [0.25, 0.3) is 0 Å². The van der Waals surface area contributed by atoms with Gasteiger partial charge in [0.2, 0.25) is 10.0 Å². The molecule has 0 saturated carbocycles. The second-order valence-corrected chi connectivity index (χ2v) is 8.66. The number of methoxy groups -OCH3 is 1. The van der Waals surface area contributed by atoms with Gasteiger partial charge in [0.1, 0.15) is 5.75 Å². The van der Waals surface area contributed by atoms with E-state index in [1.54, 1.807) is 23.5 Å². The number of benzene rings is 2. The van der Waals surface area contributed by atoms with E-state index in [0.717, 1.165) is 36.5 Å².